The minimum Gasteiger partial charge on any atom is -0.388 e. The number of hydrogen-bond acceptors (Lipinski definition) is 4. The molecule has 0 saturated carbocycles. The Morgan fingerprint density at radius 1 is 1.50 bits per heavy atom. The Kier molecular flexibility index (Phi) is 4.13. The molecule has 0 aliphatic rings. The lowest BCUT2D eigenvalue weighted by molar-refractivity contribution is -0.386. The number of nitro groups is 1. The second kappa shape index (κ2) is 5.37. The highest BCUT2D eigenvalue weighted by atomic mass is 16.6. The quantitative estimate of drug-likeness (QED) is 0.611. The molecule has 0 aliphatic carbocycles. The summed E-state index contributed by atoms with van der Waals surface area (Å²) in [5, 5.41) is 20.4. The topological polar surface area (TPSA) is 80.4 Å². The third-order valence-electron chi connectivity index (χ3n) is 2.26. The van der Waals surface area contributed by atoms with Crippen molar-refractivity contribution < 1.29 is 14.8 Å². The first kappa shape index (κ1) is 12.3. The largest absolute Gasteiger partial charge is 0.388 e. The van der Waals surface area contributed by atoms with Crippen LogP contribution in [0.4, 0.5) is 5.69 Å². The van der Waals surface area contributed by atoms with Crippen LogP contribution >= 0.6 is 0 Å². The van der Waals surface area contributed by atoms with E-state index in [1.807, 2.05) is 0 Å². The number of carbonyl (C=O) groups excluding carboxylic acids is 1. The number of nitrogens with zero attached hydrogens (tertiary/aromatic N) is 1. The average Bonchev–Trinajstić information content (AvgIpc) is 2.25. The van der Waals surface area contributed by atoms with Gasteiger partial charge in [0.05, 0.1) is 16.6 Å². The van der Waals surface area contributed by atoms with Crippen LogP contribution in [-0.4, -0.2) is 15.8 Å². The molecule has 0 bridgehead atoms. The molecular formula is C11H13NO4. The van der Waals surface area contributed by atoms with E-state index < -0.39 is 11.0 Å². The van der Waals surface area contributed by atoms with Gasteiger partial charge >= 0.3 is 0 Å². The molecule has 5 nitrogen and oxygen atoms in total. The van der Waals surface area contributed by atoms with E-state index >= 15 is 0 Å². The Bertz CT molecular complexity index is 403. The van der Waals surface area contributed by atoms with Gasteiger partial charge in [0.25, 0.3) is 5.69 Å². The monoisotopic (exact) mass is 223 g/mol. The number of rotatable bonds is 5. The van der Waals surface area contributed by atoms with Gasteiger partial charge in [-0.2, -0.15) is 0 Å². The number of nitro benzene ring substituents is 1. The van der Waals surface area contributed by atoms with Gasteiger partial charge in [-0.25, -0.2) is 0 Å². The van der Waals surface area contributed by atoms with Crippen LogP contribution in [0.3, 0.4) is 0 Å². The lowest BCUT2D eigenvalue weighted by Gasteiger charge is -2.09. The second-order valence-corrected chi connectivity index (χ2v) is 3.57. The molecule has 0 aromatic heterocycles. The van der Waals surface area contributed by atoms with Gasteiger partial charge in [-0.05, 0) is 19.4 Å². The Hall–Kier alpha value is -1.75. The first-order chi connectivity index (χ1) is 7.52. The molecule has 1 atom stereocenters. The molecule has 1 rings (SSSR count). The van der Waals surface area contributed by atoms with Crippen LogP contribution in [0.15, 0.2) is 24.3 Å². The van der Waals surface area contributed by atoms with E-state index in [9.17, 15) is 20.0 Å². The predicted molar refractivity (Wildman–Crippen MR) is 58.0 cm³/mol. The molecule has 0 heterocycles. The molecule has 0 amide bonds. The van der Waals surface area contributed by atoms with Gasteiger partial charge in [-0.3, -0.25) is 10.1 Å². The smallest absolute Gasteiger partial charge is 0.275 e. The van der Waals surface area contributed by atoms with Crippen LogP contribution in [0.5, 0.6) is 0 Å². The minimum absolute atomic E-state index is 0.0439. The number of benzene rings is 1. The second-order valence-electron chi connectivity index (χ2n) is 3.57. The van der Waals surface area contributed by atoms with Gasteiger partial charge < -0.3 is 9.90 Å². The van der Waals surface area contributed by atoms with E-state index in [1.54, 1.807) is 12.1 Å². The number of ketones is 1. The molecule has 1 unspecified atom stereocenters. The molecule has 86 valence electrons. The highest BCUT2D eigenvalue weighted by molar-refractivity contribution is 5.75. The van der Waals surface area contributed by atoms with Gasteiger partial charge in [-0.1, -0.05) is 12.1 Å². The van der Waals surface area contributed by atoms with Crippen molar-refractivity contribution in [3.8, 4) is 0 Å². The van der Waals surface area contributed by atoms with E-state index in [4.69, 9.17) is 0 Å². The van der Waals surface area contributed by atoms with E-state index in [-0.39, 0.29) is 29.9 Å². The molecule has 0 saturated heterocycles. The number of carbonyl (C=O) groups is 1. The molecule has 1 N–H and O–H groups in total. The van der Waals surface area contributed by atoms with Crippen LogP contribution in [0.2, 0.25) is 0 Å². The summed E-state index contributed by atoms with van der Waals surface area (Å²) in [6, 6.07) is 6.01. The van der Waals surface area contributed by atoms with Crippen molar-refractivity contribution in [1.82, 2.24) is 0 Å². The van der Waals surface area contributed by atoms with Crippen molar-refractivity contribution in [2.75, 3.05) is 0 Å². The molecule has 0 spiro atoms. The zero-order chi connectivity index (χ0) is 12.1. The summed E-state index contributed by atoms with van der Waals surface area (Å²) in [6.45, 7) is 1.42. The zero-order valence-corrected chi connectivity index (χ0v) is 8.92. The molecule has 5 heteroatoms. The molecule has 16 heavy (non-hydrogen) atoms. The van der Waals surface area contributed by atoms with Gasteiger partial charge in [0, 0.05) is 12.5 Å². The zero-order valence-electron chi connectivity index (χ0n) is 8.92. The van der Waals surface area contributed by atoms with Crippen molar-refractivity contribution in [2.45, 2.75) is 25.9 Å². The van der Waals surface area contributed by atoms with Crippen LogP contribution in [0.1, 0.15) is 31.4 Å². The molecule has 1 aromatic rings. The first-order valence-corrected chi connectivity index (χ1v) is 4.93. The van der Waals surface area contributed by atoms with E-state index in [0.29, 0.717) is 0 Å². The molecule has 1 aromatic carbocycles. The highest BCUT2D eigenvalue weighted by Crippen LogP contribution is 2.27. The van der Waals surface area contributed by atoms with Crippen LogP contribution in [0, 0.1) is 10.1 Å². The Balaban J connectivity index is 2.85. The fourth-order valence-corrected chi connectivity index (χ4v) is 1.43. The fraction of sp³-hybridized carbons (Fsp3) is 0.364. The van der Waals surface area contributed by atoms with Crippen LogP contribution in [-0.2, 0) is 4.79 Å². The maximum Gasteiger partial charge on any atom is 0.275 e. The first-order valence-electron chi connectivity index (χ1n) is 4.93. The molecule has 0 aliphatic heterocycles. The van der Waals surface area contributed by atoms with Crippen molar-refractivity contribution in [2.24, 2.45) is 0 Å². The van der Waals surface area contributed by atoms with Gasteiger partial charge in [0.1, 0.15) is 5.78 Å². The fourth-order valence-electron chi connectivity index (χ4n) is 1.43. The maximum absolute atomic E-state index is 10.8. The van der Waals surface area contributed by atoms with Gasteiger partial charge in [0.2, 0.25) is 0 Å². The van der Waals surface area contributed by atoms with E-state index in [2.05, 4.69) is 0 Å². The van der Waals surface area contributed by atoms with Crippen LogP contribution < -0.4 is 0 Å². The lowest BCUT2D eigenvalue weighted by atomic mass is 10.0. The third-order valence-corrected chi connectivity index (χ3v) is 2.26. The van der Waals surface area contributed by atoms with Crippen molar-refractivity contribution in [3.63, 3.8) is 0 Å². The molecule has 0 radical (unpaired) electrons. The summed E-state index contributed by atoms with van der Waals surface area (Å²) in [5.41, 5.74) is 0.146. The summed E-state index contributed by atoms with van der Waals surface area (Å²) in [4.78, 5) is 20.9. The highest BCUT2D eigenvalue weighted by Gasteiger charge is 2.19. The number of Topliss-reactive ketones (excluding diaryl/α,β-unsaturated/α-hetero) is 1. The third kappa shape index (κ3) is 3.13. The van der Waals surface area contributed by atoms with E-state index in [1.165, 1.54) is 19.1 Å². The summed E-state index contributed by atoms with van der Waals surface area (Å²) in [7, 11) is 0. The molecule has 0 fully saturated rings. The minimum atomic E-state index is -0.967. The summed E-state index contributed by atoms with van der Waals surface area (Å²) in [6.07, 6.45) is -0.543. The number of aliphatic hydroxyl groups is 1. The Morgan fingerprint density at radius 3 is 2.69 bits per heavy atom. The number of hydrogen-bond donors (Lipinski definition) is 1. The lowest BCUT2D eigenvalue weighted by Crippen LogP contribution is -2.04. The summed E-state index contributed by atoms with van der Waals surface area (Å²) >= 11 is 0. The number of aliphatic hydroxyl groups excluding tert-OH is 1. The van der Waals surface area contributed by atoms with Crippen LogP contribution in [0.25, 0.3) is 0 Å². The van der Waals surface area contributed by atoms with Crippen molar-refractivity contribution in [1.29, 1.82) is 0 Å². The SMILES string of the molecule is CC(=O)CCC(O)c1ccccc1[N+](=O)[O-]. The van der Waals surface area contributed by atoms with Gasteiger partial charge in [-0.15, -0.1) is 0 Å². The molecular weight excluding hydrogens is 210 g/mol. The average molecular weight is 223 g/mol. The Labute approximate surface area is 92.9 Å². The predicted octanol–water partition coefficient (Wildman–Crippen LogP) is 2.00. The van der Waals surface area contributed by atoms with Crippen molar-refractivity contribution >= 4 is 11.5 Å². The van der Waals surface area contributed by atoms with E-state index in [0.717, 1.165) is 0 Å². The standard InChI is InChI=1S/C11H13NO4/c1-8(13)6-7-11(14)9-4-2-3-5-10(9)12(15)16/h2-5,11,14H,6-7H2,1H3. The normalized spacial score (nSPS) is 12.1. The Morgan fingerprint density at radius 2 is 2.12 bits per heavy atom. The van der Waals surface area contributed by atoms with Gasteiger partial charge in [0.15, 0.2) is 0 Å². The van der Waals surface area contributed by atoms with Crippen molar-refractivity contribution in [3.05, 3.63) is 39.9 Å². The number of para-hydroxylation sites is 1. The summed E-state index contributed by atoms with van der Waals surface area (Å²) in [5.74, 6) is -0.0439. The maximum atomic E-state index is 10.8. The summed E-state index contributed by atoms with van der Waals surface area (Å²) < 4.78 is 0.